The van der Waals surface area contributed by atoms with Crippen LogP contribution in [0, 0.1) is 33.6 Å². The van der Waals surface area contributed by atoms with Crippen molar-refractivity contribution in [1.82, 2.24) is 14.5 Å². The fourth-order valence-corrected chi connectivity index (χ4v) is 5.30. The largest absolute Gasteiger partial charge is 0.369 e. The standard InChI is InChI=1S/C29H36N4/c1-19-15-20(2)28(21(3)16-19)33-25-10-8-7-9-24(25)27-26(17-22(4)30-29(27)33)32(14-13-31(5)6)18-23-11-12-23/h7-10,15-17,23H,11-14,18H2,1-6H3. The lowest BCUT2D eigenvalue weighted by Gasteiger charge is -2.27. The molecule has 0 spiro atoms. The Labute approximate surface area is 197 Å². The molecule has 1 aliphatic rings. The molecule has 0 bridgehead atoms. The summed E-state index contributed by atoms with van der Waals surface area (Å²) in [6.45, 7) is 12.0. The number of hydrogen-bond acceptors (Lipinski definition) is 3. The van der Waals surface area contributed by atoms with Crippen molar-refractivity contribution in [3.8, 4) is 5.69 Å². The molecule has 0 N–H and O–H groups in total. The highest BCUT2D eigenvalue weighted by Crippen LogP contribution is 2.40. The highest BCUT2D eigenvalue weighted by atomic mass is 15.2. The minimum absolute atomic E-state index is 0.825. The smallest absolute Gasteiger partial charge is 0.147 e. The van der Waals surface area contributed by atoms with Crippen LogP contribution in [-0.4, -0.2) is 48.2 Å². The Morgan fingerprint density at radius 3 is 2.30 bits per heavy atom. The predicted molar refractivity (Wildman–Crippen MR) is 141 cm³/mol. The number of para-hydroxylation sites is 1. The van der Waals surface area contributed by atoms with Crippen molar-refractivity contribution in [2.24, 2.45) is 5.92 Å². The van der Waals surface area contributed by atoms with E-state index in [0.29, 0.717) is 0 Å². The highest BCUT2D eigenvalue weighted by Gasteiger charge is 2.27. The number of nitrogens with zero attached hydrogens (tertiary/aromatic N) is 4. The zero-order valence-corrected chi connectivity index (χ0v) is 20.9. The van der Waals surface area contributed by atoms with E-state index >= 15 is 0 Å². The van der Waals surface area contributed by atoms with Crippen molar-refractivity contribution in [1.29, 1.82) is 0 Å². The summed E-state index contributed by atoms with van der Waals surface area (Å²) in [5.41, 5.74) is 9.88. The number of aromatic nitrogens is 2. The maximum absolute atomic E-state index is 5.15. The molecule has 1 saturated carbocycles. The van der Waals surface area contributed by atoms with Crippen LogP contribution < -0.4 is 4.90 Å². The van der Waals surface area contributed by atoms with E-state index in [1.54, 1.807) is 0 Å². The Balaban J connectivity index is 1.81. The number of aryl methyl sites for hydroxylation is 4. The second kappa shape index (κ2) is 8.49. The van der Waals surface area contributed by atoms with Gasteiger partial charge in [-0.05, 0) is 83.8 Å². The van der Waals surface area contributed by atoms with E-state index in [0.717, 1.165) is 36.9 Å². The molecule has 0 aliphatic heterocycles. The van der Waals surface area contributed by atoms with Crippen LogP contribution in [-0.2, 0) is 0 Å². The molecule has 1 fully saturated rings. The van der Waals surface area contributed by atoms with Crippen LogP contribution in [0.15, 0.2) is 42.5 Å². The van der Waals surface area contributed by atoms with E-state index in [1.807, 2.05) is 0 Å². The van der Waals surface area contributed by atoms with Gasteiger partial charge in [0.15, 0.2) is 0 Å². The van der Waals surface area contributed by atoms with Gasteiger partial charge in [0.2, 0.25) is 0 Å². The SMILES string of the molecule is Cc1cc(C)c(-n2c3ccccc3c3c(N(CCN(C)C)CC4CC4)cc(C)nc32)c(C)c1. The molecule has 4 heteroatoms. The van der Waals surface area contributed by atoms with Crippen molar-refractivity contribution in [2.45, 2.75) is 40.5 Å². The second-order valence-electron chi connectivity index (χ2n) is 10.3. The van der Waals surface area contributed by atoms with Crippen molar-refractivity contribution in [3.05, 3.63) is 64.8 Å². The van der Waals surface area contributed by atoms with Gasteiger partial charge in [-0.25, -0.2) is 4.98 Å². The molecule has 0 unspecified atom stereocenters. The number of likely N-dealkylation sites (N-methyl/N-ethyl adjacent to an activating group) is 1. The molecule has 33 heavy (non-hydrogen) atoms. The summed E-state index contributed by atoms with van der Waals surface area (Å²) < 4.78 is 2.41. The van der Waals surface area contributed by atoms with E-state index in [2.05, 4.69) is 98.6 Å². The summed E-state index contributed by atoms with van der Waals surface area (Å²) >= 11 is 0. The molecule has 0 saturated heterocycles. The van der Waals surface area contributed by atoms with Crippen LogP contribution >= 0.6 is 0 Å². The first-order chi connectivity index (χ1) is 15.8. The lowest BCUT2D eigenvalue weighted by Crippen LogP contribution is -2.33. The van der Waals surface area contributed by atoms with Crippen LogP contribution in [0.2, 0.25) is 0 Å². The minimum atomic E-state index is 0.825. The van der Waals surface area contributed by atoms with Gasteiger partial charge in [-0.15, -0.1) is 0 Å². The van der Waals surface area contributed by atoms with Gasteiger partial charge >= 0.3 is 0 Å². The number of hydrogen-bond donors (Lipinski definition) is 0. The predicted octanol–water partition coefficient (Wildman–Crippen LogP) is 6.19. The lowest BCUT2D eigenvalue weighted by molar-refractivity contribution is 0.412. The number of fused-ring (bicyclic) bond motifs is 3. The van der Waals surface area contributed by atoms with Crippen LogP contribution in [0.1, 0.15) is 35.2 Å². The summed E-state index contributed by atoms with van der Waals surface area (Å²) in [6.07, 6.45) is 2.71. The number of anilines is 1. The van der Waals surface area contributed by atoms with Crippen LogP contribution in [0.25, 0.3) is 27.6 Å². The lowest BCUT2D eigenvalue weighted by atomic mass is 10.0. The van der Waals surface area contributed by atoms with Crippen molar-refractivity contribution < 1.29 is 0 Å². The first-order valence-electron chi connectivity index (χ1n) is 12.2. The van der Waals surface area contributed by atoms with Gasteiger partial charge in [0.25, 0.3) is 0 Å². The zero-order valence-electron chi connectivity index (χ0n) is 20.9. The minimum Gasteiger partial charge on any atom is -0.369 e. The summed E-state index contributed by atoms with van der Waals surface area (Å²) in [7, 11) is 4.33. The summed E-state index contributed by atoms with van der Waals surface area (Å²) in [4.78, 5) is 10.1. The van der Waals surface area contributed by atoms with Crippen LogP contribution in [0.3, 0.4) is 0 Å². The van der Waals surface area contributed by atoms with Crippen LogP contribution in [0.5, 0.6) is 0 Å². The molecular weight excluding hydrogens is 404 g/mol. The normalized spacial score (nSPS) is 14.0. The van der Waals surface area contributed by atoms with Gasteiger partial charge in [-0.3, -0.25) is 4.57 Å². The molecule has 2 aromatic carbocycles. The number of rotatable bonds is 7. The first kappa shape index (κ1) is 22.0. The third-order valence-corrected chi connectivity index (χ3v) is 6.93. The Hall–Kier alpha value is -2.85. The van der Waals surface area contributed by atoms with Gasteiger partial charge in [0.1, 0.15) is 5.65 Å². The van der Waals surface area contributed by atoms with E-state index < -0.39 is 0 Å². The highest BCUT2D eigenvalue weighted by molar-refractivity contribution is 6.14. The number of pyridine rings is 1. The Bertz CT molecular complexity index is 1300. The molecule has 2 aromatic heterocycles. The van der Waals surface area contributed by atoms with Gasteiger partial charge in [-0.1, -0.05) is 35.9 Å². The molecule has 0 radical (unpaired) electrons. The Kier molecular flexibility index (Phi) is 5.65. The van der Waals surface area contributed by atoms with Crippen molar-refractivity contribution >= 4 is 27.6 Å². The van der Waals surface area contributed by atoms with Crippen molar-refractivity contribution in [2.75, 3.05) is 38.6 Å². The maximum atomic E-state index is 5.15. The van der Waals surface area contributed by atoms with E-state index in [1.165, 1.54) is 57.2 Å². The molecule has 0 amide bonds. The van der Waals surface area contributed by atoms with Gasteiger partial charge in [0.05, 0.1) is 22.3 Å². The van der Waals surface area contributed by atoms with E-state index in [4.69, 9.17) is 4.98 Å². The quantitative estimate of drug-likeness (QED) is 0.342. The third kappa shape index (κ3) is 4.13. The first-order valence-corrected chi connectivity index (χ1v) is 12.2. The third-order valence-electron chi connectivity index (χ3n) is 6.93. The summed E-state index contributed by atoms with van der Waals surface area (Å²) in [6, 6.07) is 15.7. The van der Waals surface area contributed by atoms with E-state index in [-0.39, 0.29) is 0 Å². The van der Waals surface area contributed by atoms with Gasteiger partial charge < -0.3 is 9.80 Å². The number of benzene rings is 2. The molecule has 4 aromatic rings. The Morgan fingerprint density at radius 2 is 1.64 bits per heavy atom. The van der Waals surface area contributed by atoms with Gasteiger partial charge in [0, 0.05) is 30.7 Å². The molecule has 4 nitrogen and oxygen atoms in total. The molecule has 1 aliphatic carbocycles. The van der Waals surface area contributed by atoms with Crippen LogP contribution in [0.4, 0.5) is 5.69 Å². The molecular formula is C29H36N4. The fraction of sp³-hybridized carbons (Fsp3) is 0.414. The second-order valence-corrected chi connectivity index (χ2v) is 10.3. The Morgan fingerprint density at radius 1 is 0.939 bits per heavy atom. The average Bonchev–Trinajstić information content (AvgIpc) is 3.52. The fourth-order valence-electron chi connectivity index (χ4n) is 5.30. The molecule has 2 heterocycles. The van der Waals surface area contributed by atoms with E-state index in [9.17, 15) is 0 Å². The van der Waals surface area contributed by atoms with Crippen molar-refractivity contribution in [3.63, 3.8) is 0 Å². The monoisotopic (exact) mass is 440 g/mol. The van der Waals surface area contributed by atoms with Gasteiger partial charge in [-0.2, -0.15) is 0 Å². The maximum Gasteiger partial charge on any atom is 0.147 e. The topological polar surface area (TPSA) is 24.3 Å². The molecule has 5 rings (SSSR count). The summed E-state index contributed by atoms with van der Waals surface area (Å²) in [5.74, 6) is 0.825. The average molecular weight is 441 g/mol. The molecule has 172 valence electrons. The zero-order chi connectivity index (χ0) is 23.3. The molecule has 0 atom stereocenters. The summed E-state index contributed by atoms with van der Waals surface area (Å²) in [5, 5.41) is 2.58.